The van der Waals surface area contributed by atoms with Crippen LogP contribution in [-0.2, 0) is 17.8 Å². The number of hydrogen-bond donors (Lipinski definition) is 0. The van der Waals surface area contributed by atoms with E-state index in [1.807, 2.05) is 32.0 Å². The highest BCUT2D eigenvalue weighted by atomic mass is 16.1. The van der Waals surface area contributed by atoms with E-state index in [0.717, 1.165) is 37.9 Å². The average molecular weight is 276 g/mol. The molecule has 1 aromatic heterocycles. The number of aryl methyl sites for hydroxylation is 2. The van der Waals surface area contributed by atoms with Crippen molar-refractivity contribution in [1.29, 1.82) is 0 Å². The van der Waals surface area contributed by atoms with Crippen molar-refractivity contribution in [2.75, 3.05) is 0 Å². The second kappa shape index (κ2) is 9.73. The van der Waals surface area contributed by atoms with E-state index in [4.69, 9.17) is 0 Å². The van der Waals surface area contributed by atoms with Crippen molar-refractivity contribution < 1.29 is 4.79 Å². The minimum atomic E-state index is 0.301. The predicted molar refractivity (Wildman–Crippen MR) is 83.0 cm³/mol. The summed E-state index contributed by atoms with van der Waals surface area (Å²) in [5, 5.41) is 8.17. The standard InChI is InChI=1S/C15H27BN3O/c1-4-14-12-19(18-17-14)11-9-7-5-6-8-10-15(20)16-13(2)3/h12-13H,4-11H2,1-3H3. The summed E-state index contributed by atoms with van der Waals surface area (Å²) in [6.07, 6.45) is 9.38. The van der Waals surface area contributed by atoms with Gasteiger partial charge < -0.3 is 4.79 Å². The molecule has 0 saturated heterocycles. The van der Waals surface area contributed by atoms with E-state index in [-0.39, 0.29) is 0 Å². The summed E-state index contributed by atoms with van der Waals surface area (Å²) in [5.74, 6) is 0.373. The number of unbranched alkanes of at least 4 members (excludes halogenated alkanes) is 4. The lowest BCUT2D eigenvalue weighted by Gasteiger charge is -2.03. The molecule has 5 heteroatoms. The molecule has 0 fully saturated rings. The van der Waals surface area contributed by atoms with Crippen molar-refractivity contribution >= 4 is 13.0 Å². The maximum atomic E-state index is 11.5. The molecule has 0 unspecified atom stereocenters. The fourth-order valence-corrected chi connectivity index (χ4v) is 2.17. The maximum absolute atomic E-state index is 11.5. The zero-order valence-electron chi connectivity index (χ0n) is 13.1. The number of hydrogen-bond acceptors (Lipinski definition) is 3. The van der Waals surface area contributed by atoms with Crippen LogP contribution in [0.25, 0.3) is 0 Å². The highest BCUT2D eigenvalue weighted by molar-refractivity contribution is 6.74. The third-order valence-corrected chi connectivity index (χ3v) is 3.28. The quantitative estimate of drug-likeness (QED) is 0.460. The van der Waals surface area contributed by atoms with Crippen LogP contribution in [0.1, 0.15) is 65.0 Å². The lowest BCUT2D eigenvalue weighted by molar-refractivity contribution is -0.112. The molecule has 0 saturated carbocycles. The fraction of sp³-hybridized carbons (Fsp3) is 0.800. The van der Waals surface area contributed by atoms with Crippen molar-refractivity contribution in [3.63, 3.8) is 0 Å². The van der Waals surface area contributed by atoms with E-state index < -0.39 is 0 Å². The Morgan fingerprint density at radius 3 is 2.60 bits per heavy atom. The Morgan fingerprint density at radius 2 is 1.95 bits per heavy atom. The Labute approximate surface area is 123 Å². The third kappa shape index (κ3) is 7.46. The molecule has 1 radical (unpaired) electrons. The van der Waals surface area contributed by atoms with Gasteiger partial charge in [0.25, 0.3) is 0 Å². The first-order valence-corrected chi connectivity index (χ1v) is 7.88. The van der Waals surface area contributed by atoms with Gasteiger partial charge in [0, 0.05) is 12.7 Å². The van der Waals surface area contributed by atoms with E-state index in [1.54, 1.807) is 0 Å². The van der Waals surface area contributed by atoms with Gasteiger partial charge in [-0.25, -0.2) is 0 Å². The maximum Gasteiger partial charge on any atom is 0.205 e. The van der Waals surface area contributed by atoms with E-state index in [0.29, 0.717) is 17.9 Å². The Hall–Kier alpha value is -1.13. The van der Waals surface area contributed by atoms with Crippen LogP contribution in [0.3, 0.4) is 0 Å². The summed E-state index contributed by atoms with van der Waals surface area (Å²) in [4.78, 5) is 11.5. The van der Waals surface area contributed by atoms with Crippen LogP contribution in [-0.4, -0.2) is 28.0 Å². The molecule has 1 aromatic rings. The van der Waals surface area contributed by atoms with Crippen LogP contribution >= 0.6 is 0 Å². The zero-order valence-corrected chi connectivity index (χ0v) is 13.1. The monoisotopic (exact) mass is 276 g/mol. The average Bonchev–Trinajstić information content (AvgIpc) is 2.84. The number of carbonyl (C=O) groups is 1. The summed E-state index contributed by atoms with van der Waals surface area (Å²) < 4.78 is 1.93. The molecule has 0 atom stereocenters. The topological polar surface area (TPSA) is 47.8 Å². The van der Waals surface area contributed by atoms with Gasteiger partial charge in [0.05, 0.1) is 11.4 Å². The van der Waals surface area contributed by atoms with Crippen LogP contribution in [0, 0.1) is 0 Å². The number of nitrogens with zero attached hydrogens (tertiary/aromatic N) is 3. The van der Waals surface area contributed by atoms with Gasteiger partial charge in [-0.2, -0.15) is 0 Å². The molecule has 0 aliphatic rings. The van der Waals surface area contributed by atoms with Gasteiger partial charge in [-0.1, -0.05) is 51.1 Å². The molecule has 1 heterocycles. The molecule has 4 nitrogen and oxygen atoms in total. The lowest BCUT2D eigenvalue weighted by Crippen LogP contribution is -2.11. The molecule has 111 valence electrons. The van der Waals surface area contributed by atoms with E-state index >= 15 is 0 Å². The van der Waals surface area contributed by atoms with Gasteiger partial charge in [-0.3, -0.25) is 4.68 Å². The molecule has 0 N–H and O–H groups in total. The van der Waals surface area contributed by atoms with Gasteiger partial charge in [0.2, 0.25) is 7.28 Å². The van der Waals surface area contributed by atoms with Crippen LogP contribution in [0.2, 0.25) is 5.82 Å². The first-order chi connectivity index (χ1) is 9.61. The molecule has 0 amide bonds. The Bertz CT molecular complexity index is 390. The van der Waals surface area contributed by atoms with Gasteiger partial charge in [-0.15, -0.1) is 5.10 Å². The SMILES string of the molecule is CCc1cn(CCCCCCCC(=O)[B]C(C)C)nn1. The summed E-state index contributed by atoms with van der Waals surface area (Å²) >= 11 is 0. The van der Waals surface area contributed by atoms with Crippen molar-refractivity contribution in [1.82, 2.24) is 15.0 Å². The van der Waals surface area contributed by atoms with Crippen LogP contribution in [0.15, 0.2) is 6.20 Å². The van der Waals surface area contributed by atoms with Gasteiger partial charge in [0.1, 0.15) is 0 Å². The van der Waals surface area contributed by atoms with Gasteiger partial charge >= 0.3 is 0 Å². The summed E-state index contributed by atoms with van der Waals surface area (Å²) in [6.45, 7) is 7.14. The highest BCUT2D eigenvalue weighted by Gasteiger charge is 2.06. The van der Waals surface area contributed by atoms with Gasteiger partial charge in [0.15, 0.2) is 0 Å². The summed E-state index contributed by atoms with van der Waals surface area (Å²) in [7, 11) is 1.83. The molecular formula is C15H27BN3O. The first-order valence-electron chi connectivity index (χ1n) is 7.88. The molecule has 20 heavy (non-hydrogen) atoms. The predicted octanol–water partition coefficient (Wildman–Crippen LogP) is 3.24. The van der Waals surface area contributed by atoms with E-state index in [1.165, 1.54) is 12.8 Å². The van der Waals surface area contributed by atoms with Crippen LogP contribution in [0.5, 0.6) is 0 Å². The minimum Gasteiger partial charge on any atom is -0.312 e. The third-order valence-electron chi connectivity index (χ3n) is 3.28. The first kappa shape index (κ1) is 16.9. The summed E-state index contributed by atoms with van der Waals surface area (Å²) in [5.41, 5.74) is 1.36. The van der Waals surface area contributed by atoms with E-state index in [9.17, 15) is 4.79 Å². The van der Waals surface area contributed by atoms with Crippen molar-refractivity contribution in [3.05, 3.63) is 11.9 Å². The van der Waals surface area contributed by atoms with Crippen molar-refractivity contribution in [3.8, 4) is 0 Å². The fourth-order valence-electron chi connectivity index (χ4n) is 2.17. The lowest BCUT2D eigenvalue weighted by atomic mass is 9.61. The Kier molecular flexibility index (Phi) is 8.23. The molecule has 0 spiro atoms. The second-order valence-electron chi connectivity index (χ2n) is 5.72. The molecular weight excluding hydrogens is 249 g/mol. The van der Waals surface area contributed by atoms with Gasteiger partial charge in [-0.05, 0) is 25.7 Å². The van der Waals surface area contributed by atoms with Crippen LogP contribution in [0.4, 0.5) is 0 Å². The zero-order chi connectivity index (χ0) is 14.8. The molecule has 0 bridgehead atoms. The summed E-state index contributed by atoms with van der Waals surface area (Å²) in [6, 6.07) is 0. The largest absolute Gasteiger partial charge is 0.312 e. The highest BCUT2D eigenvalue weighted by Crippen LogP contribution is 2.08. The second-order valence-corrected chi connectivity index (χ2v) is 5.72. The molecule has 0 aromatic carbocycles. The Morgan fingerprint density at radius 1 is 1.25 bits per heavy atom. The van der Waals surface area contributed by atoms with Crippen LogP contribution < -0.4 is 0 Å². The van der Waals surface area contributed by atoms with E-state index in [2.05, 4.69) is 17.2 Å². The van der Waals surface area contributed by atoms with Crippen molar-refractivity contribution in [2.45, 2.75) is 78.1 Å². The molecule has 0 aliphatic heterocycles. The minimum absolute atomic E-state index is 0.301. The smallest absolute Gasteiger partial charge is 0.205 e. The number of rotatable bonds is 11. The Balaban J connectivity index is 1.96. The number of carbonyl (C=O) groups excluding carboxylic acids is 1. The van der Waals surface area contributed by atoms with Crippen molar-refractivity contribution in [2.24, 2.45) is 0 Å². The normalized spacial score (nSPS) is 11.0. The number of aromatic nitrogens is 3. The molecule has 0 aliphatic carbocycles. The molecule has 1 rings (SSSR count).